The molecule has 1 aromatic carbocycles. The first-order chi connectivity index (χ1) is 5.95. The highest BCUT2D eigenvalue weighted by atomic mass is 32.2. The largest absolute Gasteiger partial charge is 0.137 e. The molecule has 0 bridgehead atoms. The molecule has 0 nitrogen and oxygen atoms in total. The minimum atomic E-state index is 0.236. The highest BCUT2D eigenvalue weighted by Crippen LogP contribution is 2.22. The molecule has 1 aliphatic rings. The van der Waals surface area contributed by atoms with Gasteiger partial charge in [-0.3, -0.25) is 0 Å². The number of hydrogen-bond donors (Lipinski definition) is 0. The van der Waals surface area contributed by atoms with Gasteiger partial charge >= 0.3 is 0 Å². The molecule has 0 aromatic heterocycles. The van der Waals surface area contributed by atoms with Gasteiger partial charge in [-0.25, -0.2) is 0 Å². The summed E-state index contributed by atoms with van der Waals surface area (Å²) >= 11 is 0. The number of benzene rings is 1. The molecule has 0 atom stereocenters. The summed E-state index contributed by atoms with van der Waals surface area (Å²) in [5.74, 6) is 0. The molecule has 0 N–H and O–H groups in total. The third-order valence-electron chi connectivity index (χ3n) is 1.65. The lowest BCUT2D eigenvalue weighted by Crippen LogP contribution is -1.76. The van der Waals surface area contributed by atoms with E-state index in [4.69, 9.17) is 0 Å². The van der Waals surface area contributed by atoms with Crippen LogP contribution in [0.2, 0.25) is 0 Å². The second kappa shape index (κ2) is 3.55. The topological polar surface area (TPSA) is 0 Å². The Hall–Kier alpha value is -1.08. The van der Waals surface area contributed by atoms with E-state index in [2.05, 4.69) is 52.6 Å². The van der Waals surface area contributed by atoms with Gasteiger partial charge in [0, 0.05) is 0 Å². The monoisotopic (exact) mass is 174 g/mol. The van der Waals surface area contributed by atoms with Crippen LogP contribution in [-0.4, -0.2) is 5.37 Å². The normalized spacial score (nSPS) is 15.3. The molecule has 12 heavy (non-hydrogen) atoms. The van der Waals surface area contributed by atoms with Crippen LogP contribution < -0.4 is 0 Å². The fourth-order valence-electron chi connectivity index (χ4n) is 1.08. The van der Waals surface area contributed by atoms with Crippen molar-refractivity contribution in [2.75, 3.05) is 0 Å². The second-order valence-electron chi connectivity index (χ2n) is 2.59. The molecule has 0 fully saturated rings. The van der Waals surface area contributed by atoms with E-state index in [1.807, 2.05) is 6.07 Å². The minimum Gasteiger partial charge on any atom is -0.137 e. The molecular weight excluding hydrogens is 164 g/mol. The third kappa shape index (κ3) is 1.74. The second-order valence-corrected chi connectivity index (χ2v) is 4.19. The SMILES string of the molecule is C1=CS(=Cc2ccccc2)C=C1. The summed E-state index contributed by atoms with van der Waals surface area (Å²) in [6.07, 6.45) is 4.20. The smallest absolute Gasteiger partial charge is 0.0195 e. The van der Waals surface area contributed by atoms with Crippen molar-refractivity contribution in [1.29, 1.82) is 0 Å². The molecule has 0 radical (unpaired) electrons. The zero-order valence-electron chi connectivity index (χ0n) is 6.68. The molecule has 0 unspecified atom stereocenters. The van der Waals surface area contributed by atoms with Crippen LogP contribution >= 0.6 is 10.5 Å². The van der Waals surface area contributed by atoms with Crippen LogP contribution in [0.3, 0.4) is 0 Å². The third-order valence-corrected chi connectivity index (χ3v) is 3.14. The summed E-state index contributed by atoms with van der Waals surface area (Å²) in [7, 11) is 0.236. The standard InChI is InChI=1S/C11H10S/c1-2-6-11(7-3-1)10-12-8-4-5-9-12/h1-10H. The van der Waals surface area contributed by atoms with Crippen LogP contribution in [0.5, 0.6) is 0 Å². The van der Waals surface area contributed by atoms with Gasteiger partial charge in [0.2, 0.25) is 0 Å². The number of rotatable bonds is 1. The molecule has 1 heterocycles. The lowest BCUT2D eigenvalue weighted by molar-refractivity contribution is 1.69. The lowest BCUT2D eigenvalue weighted by atomic mass is 10.2. The zero-order valence-corrected chi connectivity index (χ0v) is 7.50. The Kier molecular flexibility index (Phi) is 2.23. The van der Waals surface area contributed by atoms with Gasteiger partial charge in [0.15, 0.2) is 0 Å². The maximum absolute atomic E-state index is 2.28. The molecule has 1 heteroatoms. The Morgan fingerprint density at radius 2 is 1.58 bits per heavy atom. The zero-order chi connectivity index (χ0) is 8.23. The Morgan fingerprint density at radius 3 is 2.25 bits per heavy atom. The van der Waals surface area contributed by atoms with Crippen molar-refractivity contribution in [2.24, 2.45) is 0 Å². The van der Waals surface area contributed by atoms with Gasteiger partial charge < -0.3 is 0 Å². The Balaban J connectivity index is 2.29. The van der Waals surface area contributed by atoms with Crippen molar-refractivity contribution in [3.8, 4) is 0 Å². The van der Waals surface area contributed by atoms with Crippen molar-refractivity contribution in [1.82, 2.24) is 0 Å². The molecule has 0 saturated heterocycles. The predicted molar refractivity (Wildman–Crippen MR) is 57.5 cm³/mol. The highest BCUT2D eigenvalue weighted by Gasteiger charge is 1.89. The van der Waals surface area contributed by atoms with Crippen LogP contribution in [0.1, 0.15) is 5.56 Å². The van der Waals surface area contributed by atoms with Gasteiger partial charge in [-0.05, 0) is 21.7 Å². The summed E-state index contributed by atoms with van der Waals surface area (Å²) in [5, 5.41) is 6.71. The molecule has 0 amide bonds. The molecule has 2 rings (SSSR count). The van der Waals surface area contributed by atoms with Crippen LogP contribution in [0.15, 0.2) is 53.3 Å². The van der Waals surface area contributed by atoms with E-state index in [-0.39, 0.29) is 10.5 Å². The van der Waals surface area contributed by atoms with E-state index in [0.29, 0.717) is 0 Å². The fourth-order valence-corrected chi connectivity index (χ4v) is 2.35. The van der Waals surface area contributed by atoms with E-state index < -0.39 is 0 Å². The molecule has 0 aliphatic carbocycles. The van der Waals surface area contributed by atoms with Crippen LogP contribution in [0.25, 0.3) is 0 Å². The summed E-state index contributed by atoms with van der Waals surface area (Å²) in [4.78, 5) is 0. The maximum atomic E-state index is 2.28. The van der Waals surface area contributed by atoms with Gasteiger partial charge in [0.25, 0.3) is 0 Å². The Bertz CT molecular complexity index is 331. The van der Waals surface area contributed by atoms with Crippen molar-refractivity contribution in [3.05, 3.63) is 58.9 Å². The van der Waals surface area contributed by atoms with Crippen LogP contribution in [0, 0.1) is 0 Å². The van der Waals surface area contributed by atoms with E-state index in [9.17, 15) is 0 Å². The average Bonchev–Trinajstić information content (AvgIpc) is 2.59. The average molecular weight is 174 g/mol. The summed E-state index contributed by atoms with van der Waals surface area (Å²) in [5.41, 5.74) is 1.30. The van der Waals surface area contributed by atoms with Crippen molar-refractivity contribution in [3.63, 3.8) is 0 Å². The Morgan fingerprint density at radius 1 is 0.917 bits per heavy atom. The summed E-state index contributed by atoms with van der Waals surface area (Å²) < 4.78 is 0. The van der Waals surface area contributed by atoms with Crippen LogP contribution in [-0.2, 0) is 0 Å². The van der Waals surface area contributed by atoms with Gasteiger partial charge in [0.05, 0.1) is 0 Å². The van der Waals surface area contributed by atoms with E-state index in [1.54, 1.807) is 0 Å². The predicted octanol–water partition coefficient (Wildman–Crippen LogP) is 3.15. The Labute approximate surface area is 75.2 Å². The van der Waals surface area contributed by atoms with Gasteiger partial charge in [-0.15, -0.1) is 10.5 Å². The molecule has 60 valence electrons. The summed E-state index contributed by atoms with van der Waals surface area (Å²) in [6.45, 7) is 0. The van der Waals surface area contributed by atoms with Gasteiger partial charge in [-0.1, -0.05) is 42.5 Å². The molecule has 0 saturated carbocycles. The van der Waals surface area contributed by atoms with Crippen molar-refractivity contribution >= 4 is 15.9 Å². The van der Waals surface area contributed by atoms with Crippen LogP contribution in [0.4, 0.5) is 0 Å². The fraction of sp³-hybridized carbons (Fsp3) is 0. The minimum absolute atomic E-state index is 0.236. The van der Waals surface area contributed by atoms with E-state index in [0.717, 1.165) is 0 Å². The summed E-state index contributed by atoms with van der Waals surface area (Å²) in [6, 6.07) is 10.4. The number of allylic oxidation sites excluding steroid dienone is 2. The first-order valence-electron chi connectivity index (χ1n) is 3.91. The lowest BCUT2D eigenvalue weighted by Gasteiger charge is -1.93. The molecular formula is C11H10S. The van der Waals surface area contributed by atoms with Crippen molar-refractivity contribution < 1.29 is 0 Å². The first-order valence-corrected chi connectivity index (χ1v) is 5.32. The van der Waals surface area contributed by atoms with Gasteiger partial charge in [-0.2, -0.15) is 0 Å². The van der Waals surface area contributed by atoms with Crippen molar-refractivity contribution in [2.45, 2.75) is 0 Å². The highest BCUT2D eigenvalue weighted by molar-refractivity contribution is 8.20. The van der Waals surface area contributed by atoms with Gasteiger partial charge in [0.1, 0.15) is 0 Å². The number of hydrogen-bond acceptors (Lipinski definition) is 0. The quantitative estimate of drug-likeness (QED) is 0.574. The molecule has 1 aromatic rings. The first kappa shape index (κ1) is 7.56. The van der Waals surface area contributed by atoms with E-state index >= 15 is 0 Å². The molecule has 1 aliphatic heterocycles. The van der Waals surface area contributed by atoms with E-state index in [1.165, 1.54) is 5.56 Å². The molecule has 0 spiro atoms. The maximum Gasteiger partial charge on any atom is -0.0195 e.